The number of benzene rings is 10. The largest absolute Gasteiger partial charge is 0.454 e. The maximum Gasteiger partial charge on any atom is 0.231 e. The molecule has 1 aliphatic heterocycles. The number of aromatic nitrogens is 8. The number of ether oxygens (including phenoxy) is 2. The van der Waals surface area contributed by atoms with E-state index >= 15 is 0 Å². The van der Waals surface area contributed by atoms with Crippen molar-refractivity contribution in [2.75, 3.05) is 22.7 Å². The fourth-order valence-electron chi connectivity index (χ4n) is 10.4. The van der Waals surface area contributed by atoms with Crippen molar-refractivity contribution in [1.29, 1.82) is 0 Å². The molecule has 86 heavy (non-hydrogen) atoms. The number of hydrogen-bond acceptors (Lipinski definition) is 12. The van der Waals surface area contributed by atoms with Gasteiger partial charge in [0.1, 0.15) is 17.7 Å². The van der Waals surface area contributed by atoms with Gasteiger partial charge in [0.25, 0.3) is 0 Å². The lowest BCUT2D eigenvalue weighted by Crippen LogP contribution is -2.02. The van der Waals surface area contributed by atoms with E-state index in [2.05, 4.69) is 204 Å². The first-order valence-electron chi connectivity index (χ1n) is 28.2. The fourth-order valence-corrected chi connectivity index (χ4v) is 10.6. The van der Waals surface area contributed by atoms with Crippen molar-refractivity contribution in [1.82, 2.24) is 40.1 Å². The van der Waals surface area contributed by atoms with Crippen molar-refractivity contribution in [2.24, 2.45) is 0 Å². The Kier molecular flexibility index (Phi) is 15.4. The molecule has 1 aliphatic rings. The van der Waals surface area contributed by atoms with Crippen molar-refractivity contribution in [3.63, 3.8) is 0 Å². The molecule has 0 saturated heterocycles. The van der Waals surface area contributed by atoms with E-state index in [9.17, 15) is 0 Å². The number of imidazole rings is 1. The number of hydrogen-bond donors (Lipinski definition) is 3. The predicted molar refractivity (Wildman–Crippen MR) is 348 cm³/mol. The zero-order valence-corrected chi connectivity index (χ0v) is 48.0. The van der Waals surface area contributed by atoms with Gasteiger partial charge in [-0.1, -0.05) is 193 Å². The zero-order chi connectivity index (χ0) is 58.3. The van der Waals surface area contributed by atoms with Crippen LogP contribution in [0.5, 0.6) is 11.5 Å². The molecule has 3 N–H and O–H groups in total. The van der Waals surface area contributed by atoms with E-state index in [0.29, 0.717) is 16.7 Å². The van der Waals surface area contributed by atoms with Crippen LogP contribution in [0.15, 0.2) is 243 Å². The van der Waals surface area contributed by atoms with Crippen molar-refractivity contribution >= 4 is 89.5 Å². The Balaban J connectivity index is 0.000000121. The van der Waals surface area contributed by atoms with Crippen LogP contribution in [0.3, 0.4) is 0 Å². The maximum absolute atomic E-state index is 6.07. The van der Waals surface area contributed by atoms with E-state index in [0.717, 1.165) is 118 Å². The Morgan fingerprint density at radius 1 is 0.430 bits per heavy atom. The van der Waals surface area contributed by atoms with E-state index in [1.54, 1.807) is 0 Å². The second-order valence-corrected chi connectivity index (χ2v) is 21.3. The lowest BCUT2D eigenvalue weighted by Gasteiger charge is -2.12. The molecule has 0 radical (unpaired) electrons. The molecular weight excluding hydrogens is 1090 g/mol. The summed E-state index contributed by atoms with van der Waals surface area (Å²) >= 11 is 6.07. The molecule has 13 nitrogen and oxygen atoms in total. The highest BCUT2D eigenvalue weighted by molar-refractivity contribution is 6.30. The highest BCUT2D eigenvalue weighted by Gasteiger charge is 2.17. The van der Waals surface area contributed by atoms with Crippen LogP contribution in [-0.4, -0.2) is 46.9 Å². The number of nitrogens with one attached hydrogen (secondary N) is 3. The quantitative estimate of drug-likeness (QED) is 0.113. The molecule has 0 spiro atoms. The van der Waals surface area contributed by atoms with Crippen LogP contribution in [0.2, 0.25) is 5.02 Å². The summed E-state index contributed by atoms with van der Waals surface area (Å²) < 4.78 is 12.9. The summed E-state index contributed by atoms with van der Waals surface area (Å²) in [6.07, 6.45) is 2.64. The smallest absolute Gasteiger partial charge is 0.231 e. The molecule has 0 unspecified atom stereocenters. The first-order chi connectivity index (χ1) is 42.2. The summed E-state index contributed by atoms with van der Waals surface area (Å²) in [4.78, 5) is 4.64. The van der Waals surface area contributed by atoms with Gasteiger partial charge in [-0.15, -0.1) is 25.5 Å². The monoisotopic (exact) mass is 1140 g/mol. The summed E-state index contributed by atoms with van der Waals surface area (Å²) in [5.41, 5.74) is 15.5. The highest BCUT2D eigenvalue weighted by Crippen LogP contribution is 2.38. The van der Waals surface area contributed by atoms with Gasteiger partial charge in [-0.05, 0) is 92.6 Å². The van der Waals surface area contributed by atoms with Crippen LogP contribution in [0, 0.1) is 20.8 Å². The number of halogens is 1. The number of fused-ring (bicyclic) bond motifs is 5. The molecule has 10 aromatic carbocycles. The van der Waals surface area contributed by atoms with Crippen LogP contribution in [0.1, 0.15) is 27.9 Å². The summed E-state index contributed by atoms with van der Waals surface area (Å²) in [6.45, 7) is 6.52. The predicted octanol–water partition coefficient (Wildman–Crippen LogP) is 17.7. The molecule has 0 atom stereocenters. The number of aryl methyl sites for hydroxylation is 3. The molecule has 15 rings (SSSR count). The minimum Gasteiger partial charge on any atom is -0.454 e. The third kappa shape index (κ3) is 11.8. The van der Waals surface area contributed by atoms with Crippen molar-refractivity contribution in [3.8, 4) is 39.7 Å². The topological polar surface area (TPSA) is 150 Å². The van der Waals surface area contributed by atoms with Crippen molar-refractivity contribution in [3.05, 3.63) is 276 Å². The van der Waals surface area contributed by atoms with Crippen molar-refractivity contribution < 1.29 is 9.47 Å². The Bertz CT molecular complexity index is 4730. The lowest BCUT2D eigenvalue weighted by atomic mass is 10.0. The number of rotatable bonds is 11. The number of para-hydroxylation sites is 1. The molecule has 0 aliphatic carbocycles. The van der Waals surface area contributed by atoms with Gasteiger partial charge in [0.05, 0.1) is 22.4 Å². The Morgan fingerprint density at radius 3 is 1.56 bits per heavy atom. The average Bonchev–Trinajstić information content (AvgIpc) is 2.12. The van der Waals surface area contributed by atoms with Crippen LogP contribution >= 0.6 is 11.6 Å². The second-order valence-electron chi connectivity index (χ2n) is 20.9. The van der Waals surface area contributed by atoms with Crippen LogP contribution in [-0.2, 0) is 6.42 Å². The van der Waals surface area contributed by atoms with Gasteiger partial charge in [0, 0.05) is 78.0 Å². The van der Waals surface area contributed by atoms with Gasteiger partial charge >= 0.3 is 0 Å². The van der Waals surface area contributed by atoms with Crippen molar-refractivity contribution in [2.45, 2.75) is 27.2 Å². The molecule has 14 heteroatoms. The third-order valence-corrected chi connectivity index (χ3v) is 15.2. The Morgan fingerprint density at radius 2 is 0.919 bits per heavy atom. The van der Waals surface area contributed by atoms with E-state index in [1.807, 2.05) is 116 Å². The Hall–Kier alpha value is -11.0. The van der Waals surface area contributed by atoms with E-state index in [1.165, 1.54) is 22.3 Å². The molecule has 5 heterocycles. The third-order valence-electron chi connectivity index (χ3n) is 14.9. The van der Waals surface area contributed by atoms with Gasteiger partial charge < -0.3 is 25.4 Å². The first-order valence-corrected chi connectivity index (χ1v) is 28.5. The molecule has 0 fully saturated rings. The van der Waals surface area contributed by atoms with Crippen LogP contribution < -0.4 is 25.4 Å². The first kappa shape index (κ1) is 54.2. The Labute approximate surface area is 502 Å². The number of anilines is 6. The lowest BCUT2D eigenvalue weighted by molar-refractivity contribution is 0.174. The summed E-state index contributed by atoms with van der Waals surface area (Å²) in [5.74, 6) is 3.68. The van der Waals surface area contributed by atoms with Gasteiger partial charge in [0.2, 0.25) is 6.79 Å². The minimum absolute atomic E-state index is 0.257. The van der Waals surface area contributed by atoms with Gasteiger partial charge in [-0.2, -0.15) is 5.10 Å². The molecule has 0 bridgehead atoms. The molecule has 14 aromatic rings. The molecule has 418 valence electrons. The normalized spacial score (nSPS) is 11.4. The molecular formula is C72H56ClN11O2. The molecule has 0 saturated carbocycles. The van der Waals surface area contributed by atoms with Crippen LogP contribution in [0.25, 0.3) is 71.6 Å². The average molecular weight is 1140 g/mol. The van der Waals surface area contributed by atoms with Crippen LogP contribution in [0.4, 0.5) is 34.5 Å². The van der Waals surface area contributed by atoms with Gasteiger partial charge in [-0.25, -0.2) is 4.98 Å². The number of nitrogens with zero attached hydrogens (tertiary/aromatic N) is 8. The SMILES string of the molecule is Cc1ccc(-c2nnc(Nc3ccc4c(c3)OCO4)c3ccccc23)cc1.Cc1ccc(Nc2nnc(Cc3ccccc3)c3ccccc23)cc1.Cc1ccccc1-n1cnc2cc(Nc3nnc(-c4ccc(Cl)cc4)c4ccccc34)ccc21. The summed E-state index contributed by atoms with van der Waals surface area (Å²) in [7, 11) is 0. The van der Waals surface area contributed by atoms with Gasteiger partial charge in [-0.3, -0.25) is 4.57 Å². The summed E-state index contributed by atoms with van der Waals surface area (Å²) in [6, 6.07) is 79.4. The molecule has 0 amide bonds. The minimum atomic E-state index is 0.257. The molecule has 4 aromatic heterocycles. The second kappa shape index (κ2) is 24.4. The zero-order valence-electron chi connectivity index (χ0n) is 47.3. The standard InChI is InChI=1S/C28H20ClN5.C22H17N3O2.C22H19N3/c1-18-6-2-5-9-25(18)34-17-30-24-16-21(14-15-26(24)34)31-28-23-8-4-3-7-22(23)27(32-33-28)19-10-12-20(29)13-11-19;1-14-6-8-15(9-7-14)21-17-4-2-3-5-18(17)22(25-24-21)23-16-10-11-19-20(12-16)27-13-26-19;1-16-11-13-18(14-12-16)23-22-20-10-6-5-9-19(20)21(24-25-22)15-17-7-3-2-4-8-17/h2-17H,1H3,(H,31,33);2-12H,13H2,1H3,(H,23,25);2-14H,15H2,1H3,(H,23,25). The summed E-state index contributed by atoms with van der Waals surface area (Å²) in [5, 5.41) is 44.2. The van der Waals surface area contributed by atoms with Gasteiger partial charge in [0.15, 0.2) is 29.0 Å². The van der Waals surface area contributed by atoms with E-state index in [-0.39, 0.29) is 6.79 Å². The van der Waals surface area contributed by atoms with E-state index < -0.39 is 0 Å². The maximum atomic E-state index is 6.07. The fraction of sp³-hybridized carbons (Fsp3) is 0.0694. The highest BCUT2D eigenvalue weighted by atomic mass is 35.5. The van der Waals surface area contributed by atoms with E-state index in [4.69, 9.17) is 21.1 Å².